The van der Waals surface area contributed by atoms with E-state index in [2.05, 4.69) is 15.9 Å². The molecule has 0 bridgehead atoms. The number of carbonyl (C=O) groups is 1. The number of hydrogen-bond acceptors (Lipinski definition) is 3. The molecular formula is C14H17BrFNO3. The number of nitrogens with zero attached hydrogens (tertiary/aromatic N) is 1. The normalized spacial score (nSPS) is 22.4. The lowest BCUT2D eigenvalue weighted by molar-refractivity contribution is -0.212. The van der Waals surface area contributed by atoms with Gasteiger partial charge in [0.05, 0.1) is 0 Å². The fourth-order valence-electron chi connectivity index (χ4n) is 2.13. The van der Waals surface area contributed by atoms with Crippen LogP contribution in [0.2, 0.25) is 0 Å². The predicted octanol–water partition coefficient (Wildman–Crippen LogP) is 3.31. The zero-order chi connectivity index (χ0) is 15.1. The van der Waals surface area contributed by atoms with Crippen molar-refractivity contribution in [1.29, 1.82) is 0 Å². The van der Waals surface area contributed by atoms with Gasteiger partial charge in [-0.3, -0.25) is 0 Å². The summed E-state index contributed by atoms with van der Waals surface area (Å²) >= 11 is 3.30. The van der Waals surface area contributed by atoms with Crippen LogP contribution in [0.4, 0.5) is 9.18 Å². The Morgan fingerprint density at radius 2 is 2.15 bits per heavy atom. The number of carbonyl (C=O) groups excluding carboxylic acids is 1. The zero-order valence-electron chi connectivity index (χ0n) is 11.6. The minimum absolute atomic E-state index is 0.0609. The van der Waals surface area contributed by atoms with Gasteiger partial charge < -0.3 is 9.84 Å². The summed E-state index contributed by atoms with van der Waals surface area (Å²) in [6.45, 7) is 5.14. The molecule has 1 heterocycles. The summed E-state index contributed by atoms with van der Waals surface area (Å²) in [5, 5.41) is 10.1. The number of amides is 1. The molecule has 0 fully saturated rings. The van der Waals surface area contributed by atoms with Crippen molar-refractivity contribution in [2.75, 3.05) is 6.54 Å². The minimum atomic E-state index is -2.85. The number of hydrogen-bond donors (Lipinski definition) is 1. The van der Waals surface area contributed by atoms with Gasteiger partial charge in [-0.15, -0.1) is 0 Å². The Kier molecular flexibility index (Phi) is 3.81. The van der Waals surface area contributed by atoms with Gasteiger partial charge in [-0.2, -0.15) is 4.39 Å². The van der Waals surface area contributed by atoms with Gasteiger partial charge in [0.1, 0.15) is 5.60 Å². The molecule has 0 saturated heterocycles. The highest BCUT2D eigenvalue weighted by atomic mass is 79.9. The Balaban J connectivity index is 2.31. The van der Waals surface area contributed by atoms with E-state index in [1.54, 1.807) is 32.9 Å². The van der Waals surface area contributed by atoms with Gasteiger partial charge in [-0.25, -0.2) is 9.69 Å². The molecule has 0 aliphatic carbocycles. The van der Waals surface area contributed by atoms with Crippen molar-refractivity contribution in [2.45, 2.75) is 38.8 Å². The first-order valence-corrected chi connectivity index (χ1v) is 7.11. The average Bonchev–Trinajstić information content (AvgIpc) is 2.25. The fourth-order valence-corrected chi connectivity index (χ4v) is 2.54. The van der Waals surface area contributed by atoms with Crippen LogP contribution in [0.3, 0.4) is 0 Å². The van der Waals surface area contributed by atoms with E-state index in [1.807, 2.05) is 0 Å². The Labute approximate surface area is 125 Å². The molecule has 4 nitrogen and oxygen atoms in total. The first kappa shape index (κ1) is 15.3. The van der Waals surface area contributed by atoms with Gasteiger partial charge in [-0.1, -0.05) is 15.9 Å². The summed E-state index contributed by atoms with van der Waals surface area (Å²) < 4.78 is 20.6. The van der Waals surface area contributed by atoms with Crippen LogP contribution in [0.25, 0.3) is 0 Å². The molecule has 20 heavy (non-hydrogen) atoms. The number of aliphatic hydroxyl groups is 1. The van der Waals surface area contributed by atoms with Crippen LogP contribution < -0.4 is 0 Å². The molecule has 2 rings (SSSR count). The summed E-state index contributed by atoms with van der Waals surface area (Å²) in [5.74, 6) is -2.85. The number of fused-ring (bicyclic) bond motifs is 1. The molecule has 6 heteroatoms. The summed E-state index contributed by atoms with van der Waals surface area (Å²) in [4.78, 5) is 12.7. The maximum atomic E-state index is 14.7. The van der Waals surface area contributed by atoms with Crippen LogP contribution in [-0.4, -0.2) is 28.2 Å². The van der Waals surface area contributed by atoms with E-state index in [0.29, 0.717) is 16.9 Å². The van der Waals surface area contributed by atoms with Crippen molar-refractivity contribution in [2.24, 2.45) is 0 Å². The van der Waals surface area contributed by atoms with E-state index in [4.69, 9.17) is 4.74 Å². The van der Waals surface area contributed by atoms with Crippen molar-refractivity contribution in [3.63, 3.8) is 0 Å². The van der Waals surface area contributed by atoms with Gasteiger partial charge in [0.15, 0.2) is 0 Å². The number of benzene rings is 1. The quantitative estimate of drug-likeness (QED) is 0.734. The lowest BCUT2D eigenvalue weighted by atomic mass is 9.97. The van der Waals surface area contributed by atoms with E-state index in [1.165, 1.54) is 6.07 Å². The van der Waals surface area contributed by atoms with Crippen molar-refractivity contribution < 1.29 is 19.0 Å². The molecule has 1 N–H and O–H groups in total. The minimum Gasteiger partial charge on any atom is -0.444 e. The Bertz CT molecular complexity index is 540. The second kappa shape index (κ2) is 5.00. The average molecular weight is 346 g/mol. The van der Waals surface area contributed by atoms with Gasteiger partial charge in [0, 0.05) is 16.6 Å². The van der Waals surface area contributed by atoms with Crippen LogP contribution in [0, 0.1) is 0 Å². The van der Waals surface area contributed by atoms with Crippen LogP contribution in [0.1, 0.15) is 31.9 Å². The smallest absolute Gasteiger partial charge is 0.414 e. The third kappa shape index (κ3) is 2.96. The number of halogens is 2. The van der Waals surface area contributed by atoms with Gasteiger partial charge in [0.2, 0.25) is 0 Å². The molecule has 110 valence electrons. The summed E-state index contributed by atoms with van der Waals surface area (Å²) in [6, 6.07) is 4.84. The largest absolute Gasteiger partial charge is 0.444 e. The Morgan fingerprint density at radius 1 is 1.50 bits per heavy atom. The van der Waals surface area contributed by atoms with Crippen molar-refractivity contribution >= 4 is 22.0 Å². The molecular weight excluding hydrogens is 329 g/mol. The van der Waals surface area contributed by atoms with Crippen LogP contribution in [0.5, 0.6) is 0 Å². The van der Waals surface area contributed by atoms with E-state index < -0.39 is 17.7 Å². The maximum absolute atomic E-state index is 14.7. The lowest BCUT2D eigenvalue weighted by Crippen LogP contribution is -2.52. The number of ether oxygens (including phenoxy) is 1. The molecule has 1 aliphatic heterocycles. The highest BCUT2D eigenvalue weighted by Crippen LogP contribution is 2.36. The second-order valence-electron chi connectivity index (χ2n) is 5.77. The third-order valence-electron chi connectivity index (χ3n) is 2.99. The molecule has 0 radical (unpaired) electrons. The van der Waals surface area contributed by atoms with Gasteiger partial charge in [-0.05, 0) is 51.0 Å². The molecule has 0 saturated carbocycles. The highest BCUT2D eigenvalue weighted by Gasteiger charge is 2.46. The standard InChI is InChI=1S/C14H17BrFNO3/c1-13(2,3)20-12(18)17-7-6-9-8-10(15)4-5-11(9)14(17,16)19/h4-5,8,19H,6-7H2,1-3H3. The lowest BCUT2D eigenvalue weighted by Gasteiger charge is -2.38. The summed E-state index contributed by atoms with van der Waals surface area (Å²) in [5.41, 5.74) is 0.00894. The van der Waals surface area contributed by atoms with E-state index >= 15 is 0 Å². The first-order chi connectivity index (χ1) is 9.11. The molecule has 1 unspecified atom stereocenters. The molecule has 0 spiro atoms. The third-order valence-corrected chi connectivity index (χ3v) is 3.48. The van der Waals surface area contributed by atoms with E-state index in [-0.39, 0.29) is 12.1 Å². The molecule has 1 aliphatic rings. The van der Waals surface area contributed by atoms with E-state index in [9.17, 15) is 14.3 Å². The topological polar surface area (TPSA) is 49.8 Å². The summed E-state index contributed by atoms with van der Waals surface area (Å²) in [7, 11) is 0. The van der Waals surface area contributed by atoms with Gasteiger partial charge in [0.25, 0.3) is 0 Å². The van der Waals surface area contributed by atoms with E-state index in [0.717, 1.165) is 4.47 Å². The molecule has 1 atom stereocenters. The maximum Gasteiger partial charge on any atom is 0.414 e. The molecule has 1 aromatic carbocycles. The van der Waals surface area contributed by atoms with Gasteiger partial charge >= 0.3 is 12.1 Å². The number of rotatable bonds is 0. The Morgan fingerprint density at radius 3 is 2.75 bits per heavy atom. The molecule has 1 amide bonds. The van der Waals surface area contributed by atoms with Crippen LogP contribution in [0.15, 0.2) is 22.7 Å². The monoisotopic (exact) mass is 345 g/mol. The molecule has 0 aromatic heterocycles. The molecule has 1 aromatic rings. The van der Waals surface area contributed by atoms with Crippen molar-refractivity contribution in [3.8, 4) is 0 Å². The predicted molar refractivity (Wildman–Crippen MR) is 75.8 cm³/mol. The summed E-state index contributed by atoms with van der Waals surface area (Å²) in [6.07, 6.45) is -0.406. The number of alkyl halides is 1. The van der Waals surface area contributed by atoms with Crippen molar-refractivity contribution in [1.82, 2.24) is 4.90 Å². The van der Waals surface area contributed by atoms with Crippen LogP contribution >= 0.6 is 15.9 Å². The highest BCUT2D eigenvalue weighted by molar-refractivity contribution is 9.10. The fraction of sp³-hybridized carbons (Fsp3) is 0.500. The SMILES string of the molecule is CC(C)(C)OC(=O)N1CCc2cc(Br)ccc2C1(O)F. The first-order valence-electron chi connectivity index (χ1n) is 6.32. The zero-order valence-corrected chi connectivity index (χ0v) is 13.2. The van der Waals surface area contributed by atoms with Crippen LogP contribution in [-0.2, 0) is 17.1 Å². The second-order valence-corrected chi connectivity index (χ2v) is 6.69. The van der Waals surface area contributed by atoms with Crippen molar-refractivity contribution in [3.05, 3.63) is 33.8 Å². The Hall–Kier alpha value is -1.14.